The summed E-state index contributed by atoms with van der Waals surface area (Å²) in [5.41, 5.74) is 1.36. The Labute approximate surface area is 117 Å². The molecule has 0 spiro atoms. The first-order valence-electron chi connectivity index (χ1n) is 6.59. The molecule has 6 heteroatoms. The minimum Gasteiger partial charge on any atom is -0.297 e. The molecule has 19 heavy (non-hydrogen) atoms. The quantitative estimate of drug-likeness (QED) is 0.872. The lowest BCUT2D eigenvalue weighted by atomic mass is 10.1. The van der Waals surface area contributed by atoms with Crippen LogP contribution < -0.4 is 0 Å². The molecule has 1 aliphatic rings. The number of tetrazole rings is 1. The van der Waals surface area contributed by atoms with E-state index in [2.05, 4.69) is 50.8 Å². The number of hydrogen-bond donors (Lipinski definition) is 1. The van der Waals surface area contributed by atoms with Gasteiger partial charge in [0.2, 0.25) is 4.77 Å². The fourth-order valence-corrected chi connectivity index (χ4v) is 2.90. The molecule has 3 rings (SSSR count). The third kappa shape index (κ3) is 2.90. The molecule has 2 heterocycles. The summed E-state index contributed by atoms with van der Waals surface area (Å²) in [4.78, 5) is 2.46. The van der Waals surface area contributed by atoms with E-state index in [-0.39, 0.29) is 0 Å². The number of rotatable bonds is 3. The molecular formula is C13H17N5S. The van der Waals surface area contributed by atoms with Crippen molar-refractivity contribution in [3.8, 4) is 0 Å². The largest absolute Gasteiger partial charge is 0.297 e. The Hall–Kier alpha value is -1.53. The molecule has 2 aromatic rings. The van der Waals surface area contributed by atoms with Crippen molar-refractivity contribution in [3.05, 3.63) is 40.7 Å². The van der Waals surface area contributed by atoms with Crippen molar-refractivity contribution in [3.63, 3.8) is 0 Å². The summed E-state index contributed by atoms with van der Waals surface area (Å²) < 4.78 is 2.46. The molecule has 0 radical (unpaired) electrons. The molecule has 1 unspecified atom stereocenters. The maximum atomic E-state index is 5.17. The van der Waals surface area contributed by atoms with Crippen LogP contribution in [0.4, 0.5) is 0 Å². The summed E-state index contributed by atoms with van der Waals surface area (Å²) >= 11 is 5.17. The van der Waals surface area contributed by atoms with E-state index in [1.54, 1.807) is 0 Å². The number of piperidine rings is 1. The first kappa shape index (κ1) is 12.5. The van der Waals surface area contributed by atoms with Gasteiger partial charge in [0, 0.05) is 13.1 Å². The van der Waals surface area contributed by atoms with Crippen molar-refractivity contribution in [2.24, 2.45) is 0 Å². The number of likely N-dealkylation sites (tertiary alicyclic amines) is 1. The van der Waals surface area contributed by atoms with E-state index in [4.69, 9.17) is 12.2 Å². The van der Waals surface area contributed by atoms with E-state index in [0.29, 0.717) is 10.8 Å². The average molecular weight is 275 g/mol. The van der Waals surface area contributed by atoms with E-state index in [1.165, 1.54) is 12.0 Å². The molecule has 1 atom stereocenters. The highest BCUT2D eigenvalue weighted by molar-refractivity contribution is 7.71. The van der Waals surface area contributed by atoms with Gasteiger partial charge in [-0.1, -0.05) is 40.6 Å². The van der Waals surface area contributed by atoms with E-state index < -0.39 is 0 Å². The van der Waals surface area contributed by atoms with Crippen LogP contribution in [0.1, 0.15) is 24.4 Å². The Bertz CT molecular complexity index is 576. The van der Waals surface area contributed by atoms with Gasteiger partial charge in [0.05, 0.1) is 6.04 Å². The second kappa shape index (κ2) is 5.63. The molecule has 0 bridgehead atoms. The summed E-state index contributed by atoms with van der Waals surface area (Å²) in [5, 5.41) is 10.5. The lowest BCUT2D eigenvalue weighted by Crippen LogP contribution is -2.36. The van der Waals surface area contributed by atoms with Crippen LogP contribution >= 0.6 is 12.2 Å². The molecule has 1 aromatic heterocycles. The fourth-order valence-electron chi connectivity index (χ4n) is 2.67. The normalized spacial score (nSPS) is 20.5. The van der Waals surface area contributed by atoms with Gasteiger partial charge in [-0.15, -0.1) is 0 Å². The van der Waals surface area contributed by atoms with Crippen LogP contribution in [0.15, 0.2) is 30.3 Å². The monoisotopic (exact) mass is 275 g/mol. The maximum Gasteiger partial charge on any atom is 0.238 e. The zero-order valence-corrected chi connectivity index (χ0v) is 11.5. The number of nitrogens with zero attached hydrogens (tertiary/aromatic N) is 4. The summed E-state index contributed by atoms with van der Waals surface area (Å²) in [6, 6.07) is 10.9. The van der Waals surface area contributed by atoms with Crippen LogP contribution in [0.2, 0.25) is 0 Å². The second-order valence-corrected chi connectivity index (χ2v) is 5.33. The lowest BCUT2D eigenvalue weighted by Gasteiger charge is -2.32. The average Bonchev–Trinajstić information content (AvgIpc) is 2.86. The minimum atomic E-state index is 0.361. The SMILES string of the molecule is S=c1nn[nH]n1C1CCCN(Cc2ccccc2)C1. The highest BCUT2D eigenvalue weighted by Crippen LogP contribution is 2.21. The van der Waals surface area contributed by atoms with Crippen LogP contribution in [0, 0.1) is 4.77 Å². The molecule has 1 saturated heterocycles. The topological polar surface area (TPSA) is 49.7 Å². The highest BCUT2D eigenvalue weighted by atomic mass is 32.1. The lowest BCUT2D eigenvalue weighted by molar-refractivity contribution is 0.161. The predicted octanol–water partition coefficient (Wildman–Crippen LogP) is 2.17. The molecule has 0 amide bonds. The fraction of sp³-hybridized carbons (Fsp3) is 0.462. The number of benzene rings is 1. The van der Waals surface area contributed by atoms with Crippen molar-refractivity contribution >= 4 is 12.2 Å². The van der Waals surface area contributed by atoms with Crippen molar-refractivity contribution in [2.75, 3.05) is 13.1 Å². The van der Waals surface area contributed by atoms with Crippen molar-refractivity contribution in [1.82, 2.24) is 25.1 Å². The number of H-pyrrole nitrogens is 1. The number of nitrogens with one attached hydrogen (secondary N) is 1. The summed E-state index contributed by atoms with van der Waals surface area (Å²) in [7, 11) is 0. The summed E-state index contributed by atoms with van der Waals surface area (Å²) in [6.45, 7) is 3.12. The Morgan fingerprint density at radius 3 is 2.89 bits per heavy atom. The molecule has 1 fully saturated rings. The van der Waals surface area contributed by atoms with Crippen LogP contribution in [-0.2, 0) is 6.54 Å². The molecule has 1 aromatic carbocycles. The molecule has 1 N–H and O–H groups in total. The first-order valence-corrected chi connectivity index (χ1v) is 6.99. The van der Waals surface area contributed by atoms with Crippen LogP contribution in [-0.4, -0.2) is 38.2 Å². The Balaban J connectivity index is 1.69. The second-order valence-electron chi connectivity index (χ2n) is 4.97. The van der Waals surface area contributed by atoms with Gasteiger partial charge >= 0.3 is 0 Å². The van der Waals surface area contributed by atoms with E-state index >= 15 is 0 Å². The van der Waals surface area contributed by atoms with Crippen molar-refractivity contribution in [1.29, 1.82) is 0 Å². The van der Waals surface area contributed by atoms with Gasteiger partial charge < -0.3 is 0 Å². The maximum absolute atomic E-state index is 5.17. The van der Waals surface area contributed by atoms with Gasteiger partial charge in [-0.05, 0) is 37.2 Å². The van der Waals surface area contributed by atoms with E-state index in [0.717, 1.165) is 26.1 Å². The Morgan fingerprint density at radius 2 is 2.16 bits per heavy atom. The van der Waals surface area contributed by atoms with E-state index in [1.807, 2.05) is 4.68 Å². The standard InChI is InChI=1S/C13H17N5S/c19-13-14-15-16-18(13)12-7-4-8-17(10-12)9-11-5-2-1-3-6-11/h1-3,5-6,12H,4,7-10H2,(H,14,16,19). The summed E-state index contributed by atoms with van der Waals surface area (Å²) in [5.74, 6) is 0. The van der Waals surface area contributed by atoms with Crippen LogP contribution in [0.25, 0.3) is 0 Å². The third-order valence-corrected chi connectivity index (χ3v) is 3.87. The highest BCUT2D eigenvalue weighted by Gasteiger charge is 2.22. The third-order valence-electron chi connectivity index (χ3n) is 3.59. The Morgan fingerprint density at radius 1 is 1.32 bits per heavy atom. The molecule has 5 nitrogen and oxygen atoms in total. The minimum absolute atomic E-state index is 0.361. The zero-order valence-electron chi connectivity index (χ0n) is 10.7. The van der Waals surface area contributed by atoms with Crippen molar-refractivity contribution in [2.45, 2.75) is 25.4 Å². The van der Waals surface area contributed by atoms with Gasteiger partial charge in [0.1, 0.15) is 0 Å². The first-order chi connectivity index (χ1) is 9.33. The number of aromatic nitrogens is 4. The van der Waals surface area contributed by atoms with Gasteiger partial charge in [0.15, 0.2) is 0 Å². The van der Waals surface area contributed by atoms with Gasteiger partial charge in [0.25, 0.3) is 0 Å². The van der Waals surface area contributed by atoms with Gasteiger partial charge in [-0.25, -0.2) is 4.68 Å². The van der Waals surface area contributed by atoms with E-state index in [9.17, 15) is 0 Å². The molecule has 0 saturated carbocycles. The van der Waals surface area contributed by atoms with Gasteiger partial charge in [-0.3, -0.25) is 4.90 Å². The molecule has 100 valence electrons. The van der Waals surface area contributed by atoms with Crippen molar-refractivity contribution < 1.29 is 0 Å². The molecule has 1 aliphatic heterocycles. The summed E-state index contributed by atoms with van der Waals surface area (Å²) in [6.07, 6.45) is 2.31. The predicted molar refractivity (Wildman–Crippen MR) is 75.2 cm³/mol. The smallest absolute Gasteiger partial charge is 0.238 e. The van der Waals surface area contributed by atoms with Crippen LogP contribution in [0.5, 0.6) is 0 Å². The molecular weight excluding hydrogens is 258 g/mol. The Kier molecular flexibility index (Phi) is 3.70. The number of aromatic amines is 1. The molecule has 0 aliphatic carbocycles. The van der Waals surface area contributed by atoms with Gasteiger partial charge in [-0.2, -0.15) is 5.21 Å². The number of hydrogen-bond acceptors (Lipinski definition) is 4. The van der Waals surface area contributed by atoms with Crippen LogP contribution in [0.3, 0.4) is 0 Å². The zero-order chi connectivity index (χ0) is 13.1.